The fraction of sp³-hybridized carbons (Fsp3) is 0.300. The maximum absolute atomic E-state index is 13.6. The van der Waals surface area contributed by atoms with Crippen molar-refractivity contribution >= 4 is 33.1 Å². The van der Waals surface area contributed by atoms with Crippen molar-refractivity contribution in [3.8, 4) is 0 Å². The molecule has 1 nitrogen and oxygen atoms in total. The summed E-state index contributed by atoms with van der Waals surface area (Å²) in [5.74, 6) is 0. The van der Waals surface area contributed by atoms with Gasteiger partial charge in [-0.3, -0.25) is 0 Å². The first kappa shape index (κ1) is 22.2. The van der Waals surface area contributed by atoms with Crippen LogP contribution in [-0.2, 0) is 12.8 Å². The molecule has 2 aromatic rings. The summed E-state index contributed by atoms with van der Waals surface area (Å²) in [5, 5.41) is 10.5. The van der Waals surface area contributed by atoms with E-state index in [0.717, 1.165) is 0 Å². The summed E-state index contributed by atoms with van der Waals surface area (Å²) in [6.45, 7) is 0. The van der Waals surface area contributed by atoms with Crippen molar-refractivity contribution in [1.82, 2.24) is 0 Å². The first-order valence-corrected chi connectivity index (χ1v) is 9.63. The van der Waals surface area contributed by atoms with E-state index in [0.29, 0.717) is 20.6 Å². The Hall–Kier alpha value is -1.51. The van der Waals surface area contributed by atoms with E-state index in [4.69, 9.17) is 11.6 Å². The largest absolute Gasteiger partial charge is 0.430 e. The molecule has 0 amide bonds. The second-order valence-corrected chi connectivity index (χ2v) is 8.14. The highest BCUT2D eigenvalue weighted by Crippen LogP contribution is 2.55. The standard InChI is InChI=1S/C20H14BrClF6O/c21-14-5-8-16-13(10-14)9-12(4-1-11-2-6-15(22)7-3-11)17(16)18(29,19(23,24)25)20(26,27)28/h2-3,5-8,10,29H,1,4,9H2. The van der Waals surface area contributed by atoms with E-state index in [-0.39, 0.29) is 30.4 Å². The molecular weight excluding hydrogens is 486 g/mol. The summed E-state index contributed by atoms with van der Waals surface area (Å²) in [5.41, 5.74) is -5.39. The van der Waals surface area contributed by atoms with Crippen LogP contribution < -0.4 is 0 Å². The summed E-state index contributed by atoms with van der Waals surface area (Å²) in [6, 6.07) is 10.5. The molecule has 0 radical (unpaired) electrons. The topological polar surface area (TPSA) is 20.2 Å². The highest BCUT2D eigenvalue weighted by molar-refractivity contribution is 9.10. The zero-order valence-electron chi connectivity index (χ0n) is 14.6. The van der Waals surface area contributed by atoms with Gasteiger partial charge in [0, 0.05) is 15.1 Å². The molecule has 0 atom stereocenters. The maximum Gasteiger partial charge on any atom is 0.430 e. The van der Waals surface area contributed by atoms with Crippen molar-refractivity contribution < 1.29 is 31.4 Å². The molecule has 29 heavy (non-hydrogen) atoms. The molecule has 2 aromatic carbocycles. The van der Waals surface area contributed by atoms with E-state index >= 15 is 0 Å². The van der Waals surface area contributed by atoms with Crippen LogP contribution in [0.4, 0.5) is 26.3 Å². The van der Waals surface area contributed by atoms with Crippen LogP contribution in [0.3, 0.4) is 0 Å². The van der Waals surface area contributed by atoms with Gasteiger partial charge in [-0.25, -0.2) is 0 Å². The van der Waals surface area contributed by atoms with Gasteiger partial charge in [0.15, 0.2) is 0 Å². The second kappa shape index (κ2) is 7.63. The molecule has 1 aliphatic rings. The quantitative estimate of drug-likeness (QED) is 0.454. The van der Waals surface area contributed by atoms with E-state index in [2.05, 4.69) is 15.9 Å². The molecule has 0 spiro atoms. The molecule has 0 bridgehead atoms. The number of allylic oxidation sites excluding steroid dienone is 1. The van der Waals surface area contributed by atoms with E-state index in [1.807, 2.05) is 0 Å². The summed E-state index contributed by atoms with van der Waals surface area (Å²) in [6.07, 6.45) is -11.8. The number of aliphatic hydroxyl groups is 1. The number of hydrogen-bond acceptors (Lipinski definition) is 1. The third-order valence-electron chi connectivity index (χ3n) is 4.91. The number of hydrogen-bond donors (Lipinski definition) is 1. The fourth-order valence-electron chi connectivity index (χ4n) is 3.52. The smallest absolute Gasteiger partial charge is 0.369 e. The van der Waals surface area contributed by atoms with E-state index in [1.165, 1.54) is 18.2 Å². The third-order valence-corrected chi connectivity index (χ3v) is 5.65. The van der Waals surface area contributed by atoms with Crippen LogP contribution in [0, 0.1) is 0 Å². The first-order chi connectivity index (χ1) is 13.3. The second-order valence-electron chi connectivity index (χ2n) is 6.79. The predicted molar refractivity (Wildman–Crippen MR) is 102 cm³/mol. The highest BCUT2D eigenvalue weighted by atomic mass is 79.9. The average Bonchev–Trinajstić information content (AvgIpc) is 2.96. The van der Waals surface area contributed by atoms with Gasteiger partial charge in [0.25, 0.3) is 5.60 Å². The van der Waals surface area contributed by atoms with E-state index in [1.54, 1.807) is 24.3 Å². The lowest BCUT2D eigenvalue weighted by Gasteiger charge is -2.35. The summed E-state index contributed by atoms with van der Waals surface area (Å²) in [4.78, 5) is 0. The molecule has 1 aliphatic carbocycles. The molecule has 9 heteroatoms. The molecule has 0 heterocycles. The summed E-state index contributed by atoms with van der Waals surface area (Å²) in [7, 11) is 0. The fourth-order valence-corrected chi connectivity index (χ4v) is 4.05. The number of halogens is 8. The van der Waals surface area contributed by atoms with Crippen LogP contribution in [0.15, 0.2) is 52.5 Å². The van der Waals surface area contributed by atoms with Gasteiger partial charge in [-0.15, -0.1) is 0 Å². The molecule has 0 fully saturated rings. The Morgan fingerprint density at radius 2 is 1.48 bits per heavy atom. The maximum atomic E-state index is 13.6. The van der Waals surface area contributed by atoms with Crippen molar-refractivity contribution in [3.05, 3.63) is 74.2 Å². The monoisotopic (exact) mass is 498 g/mol. The Labute approximate surface area is 176 Å². The molecule has 1 N–H and O–H groups in total. The molecule has 0 aromatic heterocycles. The van der Waals surface area contributed by atoms with Crippen LogP contribution in [0.2, 0.25) is 5.02 Å². The normalized spacial score (nSPS) is 15.1. The lowest BCUT2D eigenvalue weighted by Crippen LogP contribution is -2.57. The zero-order chi connectivity index (χ0) is 21.6. The number of fused-ring (bicyclic) bond motifs is 1. The van der Waals surface area contributed by atoms with Crippen LogP contribution in [0.25, 0.3) is 5.57 Å². The van der Waals surface area contributed by atoms with Crippen LogP contribution in [-0.4, -0.2) is 23.1 Å². The molecule has 3 rings (SSSR count). The molecule has 0 unspecified atom stereocenters. The molecular formula is C20H14BrClF6O. The highest BCUT2D eigenvalue weighted by Gasteiger charge is 2.73. The van der Waals surface area contributed by atoms with Crippen molar-refractivity contribution in [3.63, 3.8) is 0 Å². The van der Waals surface area contributed by atoms with Crippen molar-refractivity contribution in [2.45, 2.75) is 37.2 Å². The van der Waals surface area contributed by atoms with Crippen LogP contribution >= 0.6 is 27.5 Å². The minimum Gasteiger partial charge on any atom is -0.369 e. The van der Waals surface area contributed by atoms with Crippen LogP contribution in [0.1, 0.15) is 23.1 Å². The van der Waals surface area contributed by atoms with E-state index < -0.39 is 23.5 Å². The van der Waals surface area contributed by atoms with Crippen molar-refractivity contribution in [1.29, 1.82) is 0 Å². The molecule has 156 valence electrons. The predicted octanol–water partition coefficient (Wildman–Crippen LogP) is 6.90. The lowest BCUT2D eigenvalue weighted by molar-refractivity contribution is -0.342. The van der Waals surface area contributed by atoms with Gasteiger partial charge in [0.05, 0.1) is 0 Å². The van der Waals surface area contributed by atoms with Gasteiger partial charge >= 0.3 is 12.4 Å². The molecule has 0 saturated carbocycles. The number of aryl methyl sites for hydroxylation is 1. The van der Waals surface area contributed by atoms with Gasteiger partial charge in [-0.05, 0) is 60.2 Å². The Morgan fingerprint density at radius 3 is 2.03 bits per heavy atom. The zero-order valence-corrected chi connectivity index (χ0v) is 17.0. The lowest BCUT2D eigenvalue weighted by atomic mass is 9.85. The van der Waals surface area contributed by atoms with Gasteiger partial charge in [0.2, 0.25) is 0 Å². The SMILES string of the molecule is OC(C1=C(CCc2ccc(Cl)cc2)Cc2cc(Br)ccc21)(C(F)(F)F)C(F)(F)F. The minimum absolute atomic E-state index is 0.0717. The third kappa shape index (κ3) is 4.07. The Kier molecular flexibility index (Phi) is 5.84. The van der Waals surface area contributed by atoms with Crippen molar-refractivity contribution in [2.75, 3.05) is 0 Å². The minimum atomic E-state index is -5.93. The Balaban J connectivity index is 2.11. The Bertz CT molecular complexity index is 933. The van der Waals surface area contributed by atoms with Gasteiger partial charge in [-0.2, -0.15) is 26.3 Å². The van der Waals surface area contributed by atoms with Gasteiger partial charge < -0.3 is 5.11 Å². The summed E-state index contributed by atoms with van der Waals surface area (Å²) < 4.78 is 82.0. The van der Waals surface area contributed by atoms with Crippen LogP contribution in [0.5, 0.6) is 0 Å². The molecule has 0 aliphatic heterocycles. The number of alkyl halides is 6. The Morgan fingerprint density at radius 1 is 0.897 bits per heavy atom. The number of rotatable bonds is 4. The molecule has 0 saturated heterocycles. The van der Waals surface area contributed by atoms with E-state index in [9.17, 15) is 31.4 Å². The number of benzene rings is 2. The first-order valence-electron chi connectivity index (χ1n) is 8.46. The van der Waals surface area contributed by atoms with Gasteiger partial charge in [-0.1, -0.05) is 51.3 Å². The average molecular weight is 500 g/mol. The van der Waals surface area contributed by atoms with Crippen molar-refractivity contribution in [2.24, 2.45) is 0 Å². The summed E-state index contributed by atoms with van der Waals surface area (Å²) >= 11 is 8.98. The van der Waals surface area contributed by atoms with Gasteiger partial charge in [0.1, 0.15) is 0 Å².